The molecular weight excluding hydrogens is 278 g/mol. The van der Waals surface area contributed by atoms with Gasteiger partial charge in [0.15, 0.2) is 0 Å². The van der Waals surface area contributed by atoms with E-state index in [1.807, 2.05) is 23.5 Å². The molecule has 1 aliphatic heterocycles. The lowest BCUT2D eigenvalue weighted by Gasteiger charge is -2.30. The number of benzene rings is 1. The van der Waals surface area contributed by atoms with Crippen LogP contribution in [0.3, 0.4) is 0 Å². The molecule has 0 amide bonds. The van der Waals surface area contributed by atoms with E-state index in [1.54, 1.807) is 12.1 Å². The first kappa shape index (κ1) is 14.4. The van der Waals surface area contributed by atoms with Gasteiger partial charge in [-0.05, 0) is 43.3 Å². The van der Waals surface area contributed by atoms with Gasteiger partial charge in [0.2, 0.25) is 0 Å². The Morgan fingerprint density at radius 2 is 1.95 bits per heavy atom. The summed E-state index contributed by atoms with van der Waals surface area (Å²) < 4.78 is 0. The van der Waals surface area contributed by atoms with Crippen molar-refractivity contribution in [1.29, 1.82) is 0 Å². The normalized spacial score (nSPS) is 18.7. The molecule has 1 aliphatic rings. The Bertz CT molecular complexity index is 564. The van der Waals surface area contributed by atoms with E-state index in [2.05, 4.69) is 24.9 Å². The van der Waals surface area contributed by atoms with Crippen molar-refractivity contribution in [2.75, 3.05) is 13.6 Å². The molecule has 0 radical (unpaired) electrons. The molecule has 2 aromatic rings. The molecule has 4 heteroatoms. The SMILES string of the molecule is Cc1cc2c(s1)CN(C)CC2c1ccc(O)cc1.Cl. The highest BCUT2D eigenvalue weighted by Crippen LogP contribution is 2.37. The predicted molar refractivity (Wildman–Crippen MR) is 82.6 cm³/mol. The van der Waals surface area contributed by atoms with E-state index in [9.17, 15) is 5.11 Å². The highest BCUT2D eigenvalue weighted by molar-refractivity contribution is 7.12. The fourth-order valence-corrected chi connectivity index (χ4v) is 3.89. The third-order valence-corrected chi connectivity index (χ3v) is 4.59. The zero-order valence-corrected chi connectivity index (χ0v) is 12.7. The van der Waals surface area contributed by atoms with Crippen LogP contribution in [0.2, 0.25) is 0 Å². The summed E-state index contributed by atoms with van der Waals surface area (Å²) in [7, 11) is 2.17. The Hall–Kier alpha value is -1.03. The summed E-state index contributed by atoms with van der Waals surface area (Å²) in [6.45, 7) is 4.28. The number of thiophene rings is 1. The van der Waals surface area contributed by atoms with Gasteiger partial charge in [0.1, 0.15) is 5.75 Å². The Labute approximate surface area is 124 Å². The lowest BCUT2D eigenvalue weighted by molar-refractivity contribution is 0.299. The maximum atomic E-state index is 9.40. The van der Waals surface area contributed by atoms with Crippen molar-refractivity contribution in [2.24, 2.45) is 0 Å². The topological polar surface area (TPSA) is 23.5 Å². The fraction of sp³-hybridized carbons (Fsp3) is 0.333. The van der Waals surface area contributed by atoms with Crippen molar-refractivity contribution in [3.63, 3.8) is 0 Å². The Balaban J connectivity index is 0.00000133. The van der Waals surface area contributed by atoms with Crippen molar-refractivity contribution in [1.82, 2.24) is 4.90 Å². The Morgan fingerprint density at radius 1 is 1.26 bits per heavy atom. The molecule has 0 bridgehead atoms. The van der Waals surface area contributed by atoms with Crippen LogP contribution in [0.4, 0.5) is 0 Å². The van der Waals surface area contributed by atoms with Gasteiger partial charge >= 0.3 is 0 Å². The maximum absolute atomic E-state index is 9.40. The summed E-state index contributed by atoms with van der Waals surface area (Å²) in [6.07, 6.45) is 0. The number of phenols is 1. The number of phenolic OH excluding ortho intramolecular Hbond substituents is 1. The highest BCUT2D eigenvalue weighted by atomic mass is 35.5. The van der Waals surface area contributed by atoms with E-state index in [0.717, 1.165) is 13.1 Å². The summed E-state index contributed by atoms with van der Waals surface area (Å²) in [5.41, 5.74) is 2.76. The first-order valence-electron chi connectivity index (χ1n) is 6.20. The number of aromatic hydroxyl groups is 1. The minimum Gasteiger partial charge on any atom is -0.508 e. The third kappa shape index (κ3) is 2.78. The molecule has 3 rings (SSSR count). The van der Waals surface area contributed by atoms with E-state index in [1.165, 1.54) is 20.9 Å². The second-order valence-electron chi connectivity index (χ2n) is 5.08. The number of hydrogen-bond acceptors (Lipinski definition) is 3. The maximum Gasteiger partial charge on any atom is 0.115 e. The first-order valence-corrected chi connectivity index (χ1v) is 7.02. The average molecular weight is 296 g/mol. The summed E-state index contributed by atoms with van der Waals surface area (Å²) in [5, 5.41) is 9.40. The lowest BCUT2D eigenvalue weighted by Crippen LogP contribution is -2.29. The molecule has 102 valence electrons. The number of fused-ring (bicyclic) bond motifs is 1. The molecule has 1 unspecified atom stereocenters. The van der Waals surface area contributed by atoms with E-state index >= 15 is 0 Å². The predicted octanol–water partition coefficient (Wildman–Crippen LogP) is 3.76. The van der Waals surface area contributed by atoms with E-state index in [4.69, 9.17) is 0 Å². The van der Waals surface area contributed by atoms with Crippen molar-refractivity contribution in [3.05, 3.63) is 51.2 Å². The largest absolute Gasteiger partial charge is 0.508 e. The quantitative estimate of drug-likeness (QED) is 0.866. The standard InChI is InChI=1S/C15H17NOS.ClH/c1-10-7-13-14(8-16(2)9-15(13)18-10)11-3-5-12(17)6-4-11;/h3-7,14,17H,8-9H2,1-2H3;1H. The second-order valence-corrected chi connectivity index (χ2v) is 6.42. The fourth-order valence-electron chi connectivity index (χ4n) is 2.71. The van der Waals surface area contributed by atoms with Crippen LogP contribution in [-0.2, 0) is 6.54 Å². The minimum atomic E-state index is 0. The second kappa shape index (κ2) is 5.53. The minimum absolute atomic E-state index is 0. The van der Waals surface area contributed by atoms with Crippen LogP contribution in [-0.4, -0.2) is 23.6 Å². The van der Waals surface area contributed by atoms with Gasteiger partial charge < -0.3 is 10.0 Å². The smallest absolute Gasteiger partial charge is 0.115 e. The van der Waals surface area contributed by atoms with Crippen LogP contribution < -0.4 is 0 Å². The summed E-state index contributed by atoms with van der Waals surface area (Å²) >= 11 is 1.90. The van der Waals surface area contributed by atoms with Gasteiger partial charge in [0.25, 0.3) is 0 Å². The zero-order chi connectivity index (χ0) is 12.7. The van der Waals surface area contributed by atoms with Gasteiger partial charge in [-0.2, -0.15) is 0 Å². The molecule has 2 heterocycles. The van der Waals surface area contributed by atoms with Crippen molar-refractivity contribution >= 4 is 23.7 Å². The number of aryl methyl sites for hydroxylation is 1. The molecule has 1 N–H and O–H groups in total. The molecule has 0 aliphatic carbocycles. The number of likely N-dealkylation sites (N-methyl/N-ethyl adjacent to an activating group) is 1. The van der Waals surface area contributed by atoms with Crippen LogP contribution >= 0.6 is 23.7 Å². The van der Waals surface area contributed by atoms with Gasteiger partial charge in [-0.3, -0.25) is 0 Å². The van der Waals surface area contributed by atoms with Gasteiger partial charge in [0.05, 0.1) is 0 Å². The van der Waals surface area contributed by atoms with Crippen LogP contribution in [0.1, 0.15) is 26.8 Å². The summed E-state index contributed by atoms with van der Waals surface area (Å²) in [4.78, 5) is 5.24. The molecular formula is C15H18ClNOS. The number of hydrogen-bond donors (Lipinski definition) is 1. The third-order valence-electron chi connectivity index (χ3n) is 3.54. The molecule has 2 nitrogen and oxygen atoms in total. The summed E-state index contributed by atoms with van der Waals surface area (Å²) in [6, 6.07) is 9.96. The van der Waals surface area contributed by atoms with Gasteiger partial charge in [-0.15, -0.1) is 23.7 Å². The van der Waals surface area contributed by atoms with Crippen molar-refractivity contribution in [2.45, 2.75) is 19.4 Å². The molecule has 0 saturated carbocycles. The van der Waals surface area contributed by atoms with E-state index in [-0.39, 0.29) is 12.4 Å². The van der Waals surface area contributed by atoms with Gasteiger partial charge in [0, 0.05) is 28.8 Å². The van der Waals surface area contributed by atoms with Crippen molar-refractivity contribution < 1.29 is 5.11 Å². The molecule has 1 atom stereocenters. The van der Waals surface area contributed by atoms with E-state index in [0.29, 0.717) is 11.7 Å². The summed E-state index contributed by atoms with van der Waals surface area (Å²) in [5.74, 6) is 0.772. The Kier molecular flexibility index (Phi) is 4.19. The molecule has 0 fully saturated rings. The molecule has 1 aromatic heterocycles. The molecule has 19 heavy (non-hydrogen) atoms. The highest BCUT2D eigenvalue weighted by Gasteiger charge is 2.26. The lowest BCUT2D eigenvalue weighted by atomic mass is 9.88. The van der Waals surface area contributed by atoms with Crippen LogP contribution in [0, 0.1) is 6.92 Å². The Morgan fingerprint density at radius 3 is 2.63 bits per heavy atom. The molecule has 0 saturated heterocycles. The number of rotatable bonds is 1. The first-order chi connectivity index (χ1) is 8.63. The zero-order valence-electron chi connectivity index (χ0n) is 11.1. The van der Waals surface area contributed by atoms with Crippen LogP contribution in [0.15, 0.2) is 30.3 Å². The van der Waals surface area contributed by atoms with Crippen LogP contribution in [0.5, 0.6) is 5.75 Å². The van der Waals surface area contributed by atoms with Gasteiger partial charge in [-0.1, -0.05) is 12.1 Å². The number of nitrogens with zero attached hydrogens (tertiary/aromatic N) is 1. The van der Waals surface area contributed by atoms with Crippen LogP contribution in [0.25, 0.3) is 0 Å². The molecule has 1 aromatic carbocycles. The van der Waals surface area contributed by atoms with E-state index < -0.39 is 0 Å². The average Bonchev–Trinajstić information content (AvgIpc) is 2.69. The molecule has 0 spiro atoms. The number of halogens is 1. The monoisotopic (exact) mass is 295 g/mol. The van der Waals surface area contributed by atoms with Crippen molar-refractivity contribution in [3.8, 4) is 5.75 Å². The van der Waals surface area contributed by atoms with Gasteiger partial charge in [-0.25, -0.2) is 0 Å².